The molecule has 1 aliphatic rings. The normalized spacial score (nSPS) is 18.4. The van der Waals surface area contributed by atoms with Crippen LogP contribution in [0.5, 0.6) is 5.75 Å². The Hall–Kier alpha value is -1.87. The van der Waals surface area contributed by atoms with Gasteiger partial charge in [-0.15, -0.1) is 0 Å². The van der Waals surface area contributed by atoms with Crippen LogP contribution in [0.4, 0.5) is 4.39 Å². The first-order valence-corrected chi connectivity index (χ1v) is 6.05. The highest BCUT2D eigenvalue weighted by molar-refractivity contribution is 5.43. The number of aromatic hydroxyl groups is 1. The van der Waals surface area contributed by atoms with Gasteiger partial charge in [0, 0.05) is 6.54 Å². The minimum Gasteiger partial charge on any atom is -0.508 e. The number of halogens is 1. The highest BCUT2D eigenvalue weighted by Gasteiger charge is 2.21. The summed E-state index contributed by atoms with van der Waals surface area (Å²) >= 11 is 0. The molecule has 1 heterocycles. The van der Waals surface area contributed by atoms with E-state index in [0.29, 0.717) is 5.75 Å². The van der Waals surface area contributed by atoms with Gasteiger partial charge in [-0.25, -0.2) is 4.39 Å². The summed E-state index contributed by atoms with van der Waals surface area (Å²) in [6.07, 6.45) is 0.904. The Morgan fingerprint density at radius 2 is 1.89 bits per heavy atom. The van der Waals surface area contributed by atoms with Crippen molar-refractivity contribution in [2.24, 2.45) is 0 Å². The molecule has 0 bridgehead atoms. The van der Waals surface area contributed by atoms with Gasteiger partial charge in [-0.1, -0.05) is 18.2 Å². The van der Waals surface area contributed by atoms with Crippen molar-refractivity contribution in [1.82, 2.24) is 5.32 Å². The summed E-state index contributed by atoms with van der Waals surface area (Å²) in [6.45, 7) is 0.860. The van der Waals surface area contributed by atoms with Gasteiger partial charge in [0.2, 0.25) is 0 Å². The molecule has 0 saturated carbocycles. The Labute approximate surface area is 105 Å². The molecule has 3 rings (SSSR count). The minimum absolute atomic E-state index is 0.0787. The summed E-state index contributed by atoms with van der Waals surface area (Å²) in [4.78, 5) is 0. The van der Waals surface area contributed by atoms with Crippen LogP contribution in [0.15, 0.2) is 42.5 Å². The maximum Gasteiger partial charge on any atom is 0.123 e. The van der Waals surface area contributed by atoms with E-state index in [1.54, 1.807) is 18.2 Å². The number of rotatable bonds is 1. The highest BCUT2D eigenvalue weighted by Crippen LogP contribution is 2.30. The molecule has 2 aromatic carbocycles. The second-order valence-corrected chi connectivity index (χ2v) is 4.57. The van der Waals surface area contributed by atoms with Crippen molar-refractivity contribution in [3.63, 3.8) is 0 Å². The summed E-state index contributed by atoms with van der Waals surface area (Å²) in [5.74, 6) is 0.0778. The van der Waals surface area contributed by atoms with Gasteiger partial charge < -0.3 is 10.4 Å². The lowest BCUT2D eigenvalue weighted by Gasteiger charge is -2.27. The summed E-state index contributed by atoms with van der Waals surface area (Å²) in [5.41, 5.74) is 3.36. The largest absolute Gasteiger partial charge is 0.508 e. The lowest BCUT2D eigenvalue weighted by Crippen LogP contribution is -2.30. The average Bonchev–Trinajstić information content (AvgIpc) is 2.38. The molecule has 0 amide bonds. The number of benzene rings is 2. The average molecular weight is 243 g/mol. The molecule has 92 valence electrons. The molecule has 2 N–H and O–H groups in total. The molecule has 0 saturated heterocycles. The lowest BCUT2D eigenvalue weighted by molar-refractivity contribution is 0.471. The number of phenols is 1. The van der Waals surface area contributed by atoms with E-state index in [4.69, 9.17) is 0 Å². The standard InChI is InChI=1S/C15H14FNO/c16-12-3-1-10(2-4-12)15-14-6-5-13(18)9-11(14)7-8-17-15/h1-6,9,15,17-18H,7-8H2/t15-/m1/s1. The maximum atomic E-state index is 12.9. The zero-order valence-electron chi connectivity index (χ0n) is 9.86. The van der Waals surface area contributed by atoms with Crippen molar-refractivity contribution in [2.75, 3.05) is 6.54 Å². The summed E-state index contributed by atoms with van der Waals surface area (Å²) in [5, 5.41) is 12.9. The second-order valence-electron chi connectivity index (χ2n) is 4.57. The Balaban J connectivity index is 2.03. The molecular weight excluding hydrogens is 229 g/mol. The third-order valence-electron chi connectivity index (χ3n) is 3.38. The fourth-order valence-corrected chi connectivity index (χ4v) is 2.50. The van der Waals surface area contributed by atoms with E-state index in [1.807, 2.05) is 12.1 Å². The van der Waals surface area contributed by atoms with E-state index < -0.39 is 0 Å². The van der Waals surface area contributed by atoms with Crippen LogP contribution in [0, 0.1) is 5.82 Å². The van der Waals surface area contributed by atoms with Crippen molar-refractivity contribution in [3.8, 4) is 5.75 Å². The first-order chi connectivity index (χ1) is 8.74. The Bertz CT molecular complexity index is 565. The fraction of sp³-hybridized carbons (Fsp3) is 0.200. The van der Waals surface area contributed by atoms with Gasteiger partial charge in [0.25, 0.3) is 0 Å². The Kier molecular flexibility index (Phi) is 2.76. The third kappa shape index (κ3) is 1.97. The fourth-order valence-electron chi connectivity index (χ4n) is 2.50. The Morgan fingerprint density at radius 3 is 2.67 bits per heavy atom. The molecule has 2 nitrogen and oxygen atoms in total. The summed E-state index contributed by atoms with van der Waals surface area (Å²) in [6, 6.07) is 12.1. The number of phenolic OH excluding ortho intramolecular Hbond substituents is 1. The van der Waals surface area contributed by atoms with E-state index in [1.165, 1.54) is 12.1 Å². The second kappa shape index (κ2) is 4.42. The van der Waals surface area contributed by atoms with Gasteiger partial charge in [0.1, 0.15) is 11.6 Å². The topological polar surface area (TPSA) is 32.3 Å². The van der Waals surface area contributed by atoms with Crippen molar-refractivity contribution in [3.05, 3.63) is 65.0 Å². The maximum absolute atomic E-state index is 12.9. The minimum atomic E-state index is -0.222. The number of hydrogen-bond acceptors (Lipinski definition) is 2. The molecule has 1 aliphatic heterocycles. The molecule has 0 unspecified atom stereocenters. The molecule has 0 radical (unpaired) electrons. The SMILES string of the molecule is Oc1ccc2c(c1)CCN[C@@H]2c1ccc(F)cc1. The molecule has 2 aromatic rings. The predicted molar refractivity (Wildman–Crippen MR) is 68.1 cm³/mol. The molecule has 3 heteroatoms. The molecule has 0 aromatic heterocycles. The van der Waals surface area contributed by atoms with Crippen LogP contribution in [0.25, 0.3) is 0 Å². The van der Waals surface area contributed by atoms with Crippen LogP contribution in [-0.4, -0.2) is 11.7 Å². The van der Waals surface area contributed by atoms with Gasteiger partial charge in [0.05, 0.1) is 6.04 Å². The smallest absolute Gasteiger partial charge is 0.123 e. The Morgan fingerprint density at radius 1 is 1.11 bits per heavy atom. The highest BCUT2D eigenvalue weighted by atomic mass is 19.1. The van der Waals surface area contributed by atoms with Gasteiger partial charge >= 0.3 is 0 Å². The van der Waals surface area contributed by atoms with Crippen LogP contribution in [0.3, 0.4) is 0 Å². The van der Waals surface area contributed by atoms with Gasteiger partial charge in [-0.05, 0) is 47.4 Å². The van der Waals surface area contributed by atoms with Gasteiger partial charge in [0.15, 0.2) is 0 Å². The molecule has 1 atom stereocenters. The van der Waals surface area contributed by atoms with E-state index in [2.05, 4.69) is 5.32 Å². The van der Waals surface area contributed by atoms with E-state index in [9.17, 15) is 9.50 Å². The zero-order chi connectivity index (χ0) is 12.5. The van der Waals surface area contributed by atoms with Crippen molar-refractivity contribution in [1.29, 1.82) is 0 Å². The molecule has 0 spiro atoms. The number of nitrogens with one attached hydrogen (secondary N) is 1. The number of hydrogen-bond donors (Lipinski definition) is 2. The van der Waals surface area contributed by atoms with Crippen LogP contribution in [0.1, 0.15) is 22.7 Å². The van der Waals surface area contributed by atoms with Crippen LogP contribution in [0.2, 0.25) is 0 Å². The van der Waals surface area contributed by atoms with Crippen LogP contribution in [-0.2, 0) is 6.42 Å². The van der Waals surface area contributed by atoms with Crippen molar-refractivity contribution >= 4 is 0 Å². The first-order valence-electron chi connectivity index (χ1n) is 6.05. The molecule has 0 fully saturated rings. The van der Waals surface area contributed by atoms with Crippen LogP contribution >= 0.6 is 0 Å². The molecule has 0 aliphatic carbocycles. The van der Waals surface area contributed by atoms with Crippen molar-refractivity contribution < 1.29 is 9.50 Å². The van der Waals surface area contributed by atoms with Crippen molar-refractivity contribution in [2.45, 2.75) is 12.5 Å². The van der Waals surface area contributed by atoms with E-state index in [-0.39, 0.29) is 11.9 Å². The molecule has 18 heavy (non-hydrogen) atoms. The third-order valence-corrected chi connectivity index (χ3v) is 3.38. The quantitative estimate of drug-likeness (QED) is 0.807. The van der Waals surface area contributed by atoms with E-state index in [0.717, 1.165) is 29.7 Å². The van der Waals surface area contributed by atoms with Gasteiger partial charge in [-0.3, -0.25) is 0 Å². The zero-order valence-corrected chi connectivity index (χ0v) is 9.86. The molecular formula is C15H14FNO. The number of fused-ring (bicyclic) bond motifs is 1. The first kappa shape index (κ1) is 11.2. The van der Waals surface area contributed by atoms with Crippen LogP contribution < -0.4 is 5.32 Å². The lowest BCUT2D eigenvalue weighted by atomic mass is 9.90. The summed E-state index contributed by atoms with van der Waals surface area (Å²) in [7, 11) is 0. The van der Waals surface area contributed by atoms with Gasteiger partial charge in [-0.2, -0.15) is 0 Å². The summed E-state index contributed by atoms with van der Waals surface area (Å²) < 4.78 is 12.9. The predicted octanol–water partition coefficient (Wildman–Crippen LogP) is 2.77. The monoisotopic (exact) mass is 243 g/mol. The van der Waals surface area contributed by atoms with E-state index >= 15 is 0 Å².